The van der Waals surface area contributed by atoms with Gasteiger partial charge >= 0.3 is 6.18 Å². The van der Waals surface area contributed by atoms with Crippen LogP contribution in [0, 0.1) is 10.1 Å². The fourth-order valence-electron chi connectivity index (χ4n) is 1.50. The first-order valence-corrected chi connectivity index (χ1v) is 5.37. The summed E-state index contributed by atoms with van der Waals surface area (Å²) in [5.74, 6) is 0. The molecule has 0 bridgehead atoms. The van der Waals surface area contributed by atoms with E-state index in [0.717, 1.165) is 0 Å². The number of rotatable bonds is 5. The third-order valence-electron chi connectivity index (χ3n) is 2.46. The standard InChI is InChI=1S/C11H13F3N2O3/c1-15(7-10(17)11(12,13)14)6-8-2-4-9(5-3-8)16(18)19/h2-5,10,17H,6-7H2,1H3. The van der Waals surface area contributed by atoms with Crippen LogP contribution in [0.5, 0.6) is 0 Å². The number of likely N-dealkylation sites (N-methyl/N-ethyl adjacent to an activating group) is 1. The molecule has 0 amide bonds. The van der Waals surface area contributed by atoms with E-state index in [-0.39, 0.29) is 12.2 Å². The Balaban J connectivity index is 2.57. The SMILES string of the molecule is CN(Cc1ccc([N+](=O)[O-])cc1)CC(O)C(F)(F)F. The van der Waals surface area contributed by atoms with Crippen LogP contribution in [0.25, 0.3) is 0 Å². The van der Waals surface area contributed by atoms with Crippen molar-refractivity contribution in [2.24, 2.45) is 0 Å². The number of hydrogen-bond acceptors (Lipinski definition) is 4. The molecule has 0 saturated heterocycles. The normalized spacial score (nSPS) is 13.6. The molecule has 1 N–H and O–H groups in total. The van der Waals surface area contributed by atoms with Crippen molar-refractivity contribution < 1.29 is 23.2 Å². The number of aliphatic hydroxyl groups is 1. The van der Waals surface area contributed by atoms with Crippen LogP contribution < -0.4 is 0 Å². The Morgan fingerprint density at radius 1 is 1.37 bits per heavy atom. The second-order valence-electron chi connectivity index (χ2n) is 4.18. The monoisotopic (exact) mass is 278 g/mol. The number of nitro groups is 1. The largest absolute Gasteiger partial charge is 0.415 e. The minimum atomic E-state index is -4.65. The minimum Gasteiger partial charge on any atom is -0.382 e. The Hall–Kier alpha value is -1.67. The van der Waals surface area contributed by atoms with Gasteiger partial charge in [0.15, 0.2) is 6.10 Å². The predicted octanol–water partition coefficient (Wildman–Crippen LogP) is 1.95. The lowest BCUT2D eigenvalue weighted by Gasteiger charge is -2.22. The van der Waals surface area contributed by atoms with E-state index in [1.165, 1.54) is 36.2 Å². The summed E-state index contributed by atoms with van der Waals surface area (Å²) in [5, 5.41) is 19.3. The van der Waals surface area contributed by atoms with E-state index in [0.29, 0.717) is 5.56 Å². The van der Waals surface area contributed by atoms with Crippen molar-refractivity contribution in [3.8, 4) is 0 Å². The number of halogens is 3. The molecule has 1 rings (SSSR count). The molecule has 0 aliphatic heterocycles. The number of alkyl halides is 3. The highest BCUT2D eigenvalue weighted by Crippen LogP contribution is 2.21. The molecule has 19 heavy (non-hydrogen) atoms. The van der Waals surface area contributed by atoms with Gasteiger partial charge in [-0.05, 0) is 12.6 Å². The van der Waals surface area contributed by atoms with Gasteiger partial charge in [0.25, 0.3) is 5.69 Å². The second-order valence-corrected chi connectivity index (χ2v) is 4.18. The first-order chi connectivity index (χ1) is 8.70. The summed E-state index contributed by atoms with van der Waals surface area (Å²) in [5.41, 5.74) is 0.546. The molecule has 0 aromatic heterocycles. The van der Waals surface area contributed by atoms with Gasteiger partial charge in [0.1, 0.15) is 0 Å². The fourth-order valence-corrected chi connectivity index (χ4v) is 1.50. The van der Waals surface area contributed by atoms with Crippen LogP contribution in [-0.2, 0) is 6.54 Å². The van der Waals surface area contributed by atoms with Gasteiger partial charge in [0, 0.05) is 25.2 Å². The Labute approximate surface area is 107 Å². The van der Waals surface area contributed by atoms with E-state index in [1.807, 2.05) is 0 Å². The lowest BCUT2D eigenvalue weighted by Crippen LogP contribution is -2.39. The van der Waals surface area contributed by atoms with Crippen molar-refractivity contribution in [1.29, 1.82) is 0 Å². The number of aliphatic hydroxyl groups excluding tert-OH is 1. The van der Waals surface area contributed by atoms with Crippen molar-refractivity contribution in [2.75, 3.05) is 13.6 Å². The van der Waals surface area contributed by atoms with Crippen LogP contribution in [0.2, 0.25) is 0 Å². The number of nitrogens with zero attached hydrogens (tertiary/aromatic N) is 2. The Kier molecular flexibility index (Phi) is 4.84. The highest BCUT2D eigenvalue weighted by molar-refractivity contribution is 5.32. The predicted molar refractivity (Wildman–Crippen MR) is 61.5 cm³/mol. The first-order valence-electron chi connectivity index (χ1n) is 5.37. The molecule has 1 unspecified atom stereocenters. The molecule has 0 aliphatic carbocycles. The van der Waals surface area contributed by atoms with Gasteiger partial charge < -0.3 is 5.11 Å². The number of hydrogen-bond donors (Lipinski definition) is 1. The zero-order valence-corrected chi connectivity index (χ0v) is 10.1. The Bertz CT molecular complexity index is 434. The summed E-state index contributed by atoms with van der Waals surface area (Å²) in [6.07, 6.45) is -7.06. The summed E-state index contributed by atoms with van der Waals surface area (Å²) < 4.78 is 36.4. The van der Waals surface area contributed by atoms with Crippen LogP contribution in [0.4, 0.5) is 18.9 Å². The summed E-state index contributed by atoms with van der Waals surface area (Å²) in [7, 11) is 1.43. The zero-order valence-electron chi connectivity index (χ0n) is 10.1. The molecule has 0 heterocycles. The molecule has 0 saturated carbocycles. The molecule has 8 heteroatoms. The van der Waals surface area contributed by atoms with Gasteiger partial charge in [-0.1, -0.05) is 12.1 Å². The van der Waals surface area contributed by atoms with Gasteiger partial charge in [0.05, 0.1) is 4.92 Å². The molecular formula is C11H13F3N2O3. The molecular weight excluding hydrogens is 265 g/mol. The summed E-state index contributed by atoms with van der Waals surface area (Å²) in [6.45, 7) is -0.397. The van der Waals surface area contributed by atoms with E-state index >= 15 is 0 Å². The molecule has 1 atom stereocenters. The molecule has 0 spiro atoms. The van der Waals surface area contributed by atoms with Crippen molar-refractivity contribution in [3.05, 3.63) is 39.9 Å². The van der Waals surface area contributed by atoms with E-state index in [1.54, 1.807) is 0 Å². The van der Waals surface area contributed by atoms with E-state index in [9.17, 15) is 23.3 Å². The first kappa shape index (κ1) is 15.4. The summed E-state index contributed by atoms with van der Waals surface area (Å²) in [4.78, 5) is 11.2. The van der Waals surface area contributed by atoms with Crippen LogP contribution >= 0.6 is 0 Å². The van der Waals surface area contributed by atoms with Crippen molar-refractivity contribution >= 4 is 5.69 Å². The highest BCUT2D eigenvalue weighted by atomic mass is 19.4. The van der Waals surface area contributed by atoms with Gasteiger partial charge in [-0.3, -0.25) is 15.0 Å². The third-order valence-corrected chi connectivity index (χ3v) is 2.46. The van der Waals surface area contributed by atoms with Crippen molar-refractivity contribution in [2.45, 2.75) is 18.8 Å². The topological polar surface area (TPSA) is 66.6 Å². The maximum absolute atomic E-state index is 12.1. The highest BCUT2D eigenvalue weighted by Gasteiger charge is 2.38. The quantitative estimate of drug-likeness (QED) is 0.660. The van der Waals surface area contributed by atoms with Crippen LogP contribution in [0.15, 0.2) is 24.3 Å². The zero-order chi connectivity index (χ0) is 14.6. The molecule has 0 radical (unpaired) electrons. The lowest BCUT2D eigenvalue weighted by molar-refractivity contribution is -0.384. The number of benzene rings is 1. The molecule has 106 valence electrons. The van der Waals surface area contributed by atoms with Crippen LogP contribution in [-0.4, -0.2) is 40.8 Å². The molecule has 1 aromatic carbocycles. The number of non-ortho nitro benzene ring substituents is 1. The molecule has 0 fully saturated rings. The van der Waals surface area contributed by atoms with Crippen molar-refractivity contribution in [3.63, 3.8) is 0 Å². The number of nitro benzene ring substituents is 1. The molecule has 1 aromatic rings. The third kappa shape index (κ3) is 4.84. The summed E-state index contributed by atoms with van der Waals surface area (Å²) >= 11 is 0. The lowest BCUT2D eigenvalue weighted by atomic mass is 10.2. The smallest absolute Gasteiger partial charge is 0.382 e. The average Bonchev–Trinajstić information content (AvgIpc) is 2.28. The molecule has 5 nitrogen and oxygen atoms in total. The van der Waals surface area contributed by atoms with E-state index in [4.69, 9.17) is 5.11 Å². The molecule has 0 aliphatic rings. The van der Waals surface area contributed by atoms with Gasteiger partial charge in [0.2, 0.25) is 0 Å². The van der Waals surface area contributed by atoms with Crippen molar-refractivity contribution in [1.82, 2.24) is 4.90 Å². The average molecular weight is 278 g/mol. The van der Waals surface area contributed by atoms with Gasteiger partial charge in [-0.2, -0.15) is 13.2 Å². The maximum Gasteiger partial charge on any atom is 0.415 e. The summed E-state index contributed by atoms with van der Waals surface area (Å²) in [6, 6.07) is 5.50. The minimum absolute atomic E-state index is 0.0817. The maximum atomic E-state index is 12.1. The van der Waals surface area contributed by atoms with Crippen LogP contribution in [0.3, 0.4) is 0 Å². The van der Waals surface area contributed by atoms with Crippen LogP contribution in [0.1, 0.15) is 5.56 Å². The van der Waals surface area contributed by atoms with Gasteiger partial charge in [-0.25, -0.2) is 0 Å². The second kappa shape index (κ2) is 5.98. The Morgan fingerprint density at radius 2 is 1.89 bits per heavy atom. The van der Waals surface area contributed by atoms with Gasteiger partial charge in [-0.15, -0.1) is 0 Å². The van der Waals surface area contributed by atoms with E-state index in [2.05, 4.69) is 0 Å². The Morgan fingerprint density at radius 3 is 2.32 bits per heavy atom. The van der Waals surface area contributed by atoms with E-state index < -0.39 is 23.7 Å². The fraction of sp³-hybridized carbons (Fsp3) is 0.455.